The number of carbonyl (C=O) groups excluding carboxylic acids is 1. The van der Waals surface area contributed by atoms with E-state index < -0.39 is 6.04 Å². The zero-order valence-corrected chi connectivity index (χ0v) is 14.3. The van der Waals surface area contributed by atoms with Crippen LogP contribution in [0.15, 0.2) is 53.3 Å². The van der Waals surface area contributed by atoms with Gasteiger partial charge in [0, 0.05) is 11.8 Å². The number of amides is 1. The lowest BCUT2D eigenvalue weighted by molar-refractivity contribution is 0.0937. The first-order valence-electron chi connectivity index (χ1n) is 7.87. The minimum Gasteiger partial charge on any atom is -0.496 e. The Kier molecular flexibility index (Phi) is 4.79. The Bertz CT molecular complexity index is 875. The van der Waals surface area contributed by atoms with Gasteiger partial charge in [-0.25, -0.2) is 9.97 Å². The Morgan fingerprint density at radius 1 is 1.20 bits per heavy atom. The molecule has 6 nitrogen and oxygen atoms in total. The summed E-state index contributed by atoms with van der Waals surface area (Å²) in [6.45, 7) is 3.57. The van der Waals surface area contributed by atoms with Crippen LogP contribution in [0, 0.1) is 13.8 Å². The van der Waals surface area contributed by atoms with Gasteiger partial charge in [-0.05, 0) is 32.0 Å². The molecule has 6 heteroatoms. The van der Waals surface area contributed by atoms with E-state index in [2.05, 4.69) is 15.3 Å². The Morgan fingerprint density at radius 2 is 2.00 bits per heavy atom. The van der Waals surface area contributed by atoms with Crippen molar-refractivity contribution in [3.05, 3.63) is 77.3 Å². The van der Waals surface area contributed by atoms with Crippen LogP contribution >= 0.6 is 0 Å². The highest BCUT2D eigenvalue weighted by atomic mass is 16.5. The fourth-order valence-corrected chi connectivity index (χ4v) is 2.68. The van der Waals surface area contributed by atoms with Crippen LogP contribution in [0.1, 0.15) is 39.2 Å². The molecule has 0 aliphatic rings. The molecule has 0 aliphatic carbocycles. The number of methoxy groups -OCH3 is 1. The molecule has 0 saturated carbocycles. The fourth-order valence-electron chi connectivity index (χ4n) is 2.68. The number of aryl methyl sites for hydroxylation is 2. The maximum atomic E-state index is 12.8. The summed E-state index contributed by atoms with van der Waals surface area (Å²) < 4.78 is 11.0. The normalized spacial score (nSPS) is 11.8. The molecule has 1 N–H and O–H groups in total. The maximum absolute atomic E-state index is 12.8. The number of benzene rings is 1. The van der Waals surface area contributed by atoms with Gasteiger partial charge in [0.25, 0.3) is 5.91 Å². The van der Waals surface area contributed by atoms with Crippen LogP contribution in [0.3, 0.4) is 0 Å². The van der Waals surface area contributed by atoms with Crippen molar-refractivity contribution in [2.45, 2.75) is 19.9 Å². The molecule has 3 rings (SSSR count). The minimum absolute atomic E-state index is 0.273. The van der Waals surface area contributed by atoms with Gasteiger partial charge in [-0.2, -0.15) is 0 Å². The number of furan rings is 1. The van der Waals surface area contributed by atoms with Crippen LogP contribution in [0.5, 0.6) is 5.75 Å². The van der Waals surface area contributed by atoms with E-state index in [0.29, 0.717) is 28.6 Å². The molecule has 1 atom stereocenters. The van der Waals surface area contributed by atoms with Gasteiger partial charge < -0.3 is 14.5 Å². The highest BCUT2D eigenvalue weighted by molar-refractivity contribution is 5.95. The lowest BCUT2D eigenvalue weighted by atomic mass is 10.0. The zero-order chi connectivity index (χ0) is 17.8. The van der Waals surface area contributed by atoms with E-state index in [0.717, 1.165) is 5.56 Å². The topological polar surface area (TPSA) is 77.2 Å². The molecule has 1 amide bonds. The summed E-state index contributed by atoms with van der Waals surface area (Å²) in [5.74, 6) is 1.63. The summed E-state index contributed by atoms with van der Waals surface area (Å²) >= 11 is 0. The predicted molar refractivity (Wildman–Crippen MR) is 92.5 cm³/mol. The quantitative estimate of drug-likeness (QED) is 0.773. The number of ether oxygens (including phenoxy) is 1. The molecule has 2 heterocycles. The second-order valence-electron chi connectivity index (χ2n) is 5.58. The third-order valence-electron chi connectivity index (χ3n) is 3.90. The van der Waals surface area contributed by atoms with E-state index in [1.54, 1.807) is 33.3 Å². The SMILES string of the molecule is COc1ccccc1[C@@H](NC(=O)c1cnc(C)nc1C)c1ccco1. The minimum atomic E-state index is -0.487. The van der Waals surface area contributed by atoms with Crippen molar-refractivity contribution in [3.63, 3.8) is 0 Å². The number of aromatic nitrogens is 2. The van der Waals surface area contributed by atoms with Gasteiger partial charge in [0.15, 0.2) is 0 Å². The first-order chi connectivity index (χ1) is 12.1. The second-order valence-corrected chi connectivity index (χ2v) is 5.58. The summed E-state index contributed by atoms with van der Waals surface area (Å²) in [5, 5.41) is 2.99. The van der Waals surface area contributed by atoms with Gasteiger partial charge in [0.2, 0.25) is 0 Å². The van der Waals surface area contributed by atoms with Crippen molar-refractivity contribution in [1.82, 2.24) is 15.3 Å². The summed E-state index contributed by atoms with van der Waals surface area (Å²) in [6, 6.07) is 10.6. The third kappa shape index (κ3) is 3.52. The lowest BCUT2D eigenvalue weighted by Crippen LogP contribution is -2.30. The van der Waals surface area contributed by atoms with Crippen LogP contribution < -0.4 is 10.1 Å². The number of hydrogen-bond donors (Lipinski definition) is 1. The molecule has 25 heavy (non-hydrogen) atoms. The lowest BCUT2D eigenvalue weighted by Gasteiger charge is -2.20. The van der Waals surface area contributed by atoms with Crippen LogP contribution in [-0.4, -0.2) is 23.0 Å². The Hall–Kier alpha value is -3.15. The molecule has 0 bridgehead atoms. The number of hydrogen-bond acceptors (Lipinski definition) is 5. The average molecular weight is 337 g/mol. The maximum Gasteiger partial charge on any atom is 0.255 e. The molecule has 0 saturated heterocycles. The molecule has 0 unspecified atom stereocenters. The summed E-state index contributed by atoms with van der Waals surface area (Å²) in [6.07, 6.45) is 3.11. The smallest absolute Gasteiger partial charge is 0.255 e. The van der Waals surface area contributed by atoms with Crippen molar-refractivity contribution in [2.24, 2.45) is 0 Å². The van der Waals surface area contributed by atoms with Crippen molar-refractivity contribution >= 4 is 5.91 Å². The monoisotopic (exact) mass is 337 g/mol. The van der Waals surface area contributed by atoms with E-state index in [-0.39, 0.29) is 5.91 Å². The van der Waals surface area contributed by atoms with Gasteiger partial charge in [-0.1, -0.05) is 18.2 Å². The Balaban J connectivity index is 1.97. The van der Waals surface area contributed by atoms with Crippen LogP contribution in [0.2, 0.25) is 0 Å². The highest BCUT2D eigenvalue weighted by Crippen LogP contribution is 2.30. The van der Waals surface area contributed by atoms with Gasteiger partial charge in [0.05, 0.1) is 24.6 Å². The van der Waals surface area contributed by atoms with Gasteiger partial charge >= 0.3 is 0 Å². The summed E-state index contributed by atoms with van der Waals surface area (Å²) in [4.78, 5) is 21.2. The molecule has 0 spiro atoms. The molecule has 3 aromatic rings. The molecular weight excluding hydrogens is 318 g/mol. The van der Waals surface area contributed by atoms with Crippen LogP contribution in [0.4, 0.5) is 0 Å². The van der Waals surface area contributed by atoms with Gasteiger partial charge in [-0.15, -0.1) is 0 Å². The van der Waals surface area contributed by atoms with E-state index in [1.165, 1.54) is 6.20 Å². The average Bonchev–Trinajstić information content (AvgIpc) is 3.13. The number of para-hydroxylation sites is 1. The van der Waals surface area contributed by atoms with Gasteiger partial charge in [0.1, 0.15) is 23.4 Å². The number of nitrogens with one attached hydrogen (secondary N) is 1. The first-order valence-corrected chi connectivity index (χ1v) is 7.87. The van der Waals surface area contributed by atoms with E-state index >= 15 is 0 Å². The molecular formula is C19H19N3O3. The molecule has 128 valence electrons. The van der Waals surface area contributed by atoms with Crippen molar-refractivity contribution in [3.8, 4) is 5.75 Å². The Labute approximate surface area is 145 Å². The standard InChI is InChI=1S/C19H19N3O3/c1-12-15(11-20-13(2)21-12)19(23)22-18(17-9-6-10-25-17)14-7-4-5-8-16(14)24-3/h4-11,18H,1-3H3,(H,22,23)/t18-/m1/s1. The molecule has 0 aliphatic heterocycles. The molecule has 1 aromatic carbocycles. The van der Waals surface area contributed by atoms with E-state index in [9.17, 15) is 4.79 Å². The predicted octanol–water partition coefficient (Wildman–Crippen LogP) is 3.21. The van der Waals surface area contributed by atoms with E-state index in [1.807, 2.05) is 30.3 Å². The van der Waals surface area contributed by atoms with Crippen LogP contribution in [-0.2, 0) is 0 Å². The molecule has 0 radical (unpaired) electrons. The largest absolute Gasteiger partial charge is 0.496 e. The number of nitrogens with zero attached hydrogens (tertiary/aromatic N) is 2. The summed E-state index contributed by atoms with van der Waals surface area (Å²) in [7, 11) is 1.60. The van der Waals surface area contributed by atoms with Crippen molar-refractivity contribution < 1.29 is 13.9 Å². The van der Waals surface area contributed by atoms with Crippen molar-refractivity contribution in [1.29, 1.82) is 0 Å². The van der Waals surface area contributed by atoms with Crippen LogP contribution in [0.25, 0.3) is 0 Å². The van der Waals surface area contributed by atoms with Crippen molar-refractivity contribution in [2.75, 3.05) is 7.11 Å². The zero-order valence-electron chi connectivity index (χ0n) is 14.3. The highest BCUT2D eigenvalue weighted by Gasteiger charge is 2.24. The third-order valence-corrected chi connectivity index (χ3v) is 3.90. The van der Waals surface area contributed by atoms with E-state index in [4.69, 9.17) is 9.15 Å². The summed E-state index contributed by atoms with van der Waals surface area (Å²) in [5.41, 5.74) is 1.86. The van der Waals surface area contributed by atoms with Gasteiger partial charge in [-0.3, -0.25) is 4.79 Å². The molecule has 2 aromatic heterocycles. The molecule has 0 fully saturated rings. The fraction of sp³-hybridized carbons (Fsp3) is 0.211. The second kappa shape index (κ2) is 7.17. The Morgan fingerprint density at radius 3 is 2.68 bits per heavy atom. The first kappa shape index (κ1) is 16.7. The number of carbonyl (C=O) groups is 1. The number of rotatable bonds is 5.